The molecule has 1 aromatic heterocycles. The van der Waals surface area contributed by atoms with Crippen LogP contribution >= 0.6 is 11.6 Å². The van der Waals surface area contributed by atoms with E-state index < -0.39 is 10.0 Å². The Labute approximate surface area is 129 Å². The van der Waals surface area contributed by atoms with Crippen LogP contribution in [0.15, 0.2) is 35.6 Å². The SMILES string of the molecule is CNCc1ccc(S(=O)(=O)NCCc2cnc[nH]2)cc1Cl. The van der Waals surface area contributed by atoms with E-state index in [2.05, 4.69) is 20.0 Å². The van der Waals surface area contributed by atoms with Crippen LogP contribution in [0, 0.1) is 0 Å². The first kappa shape index (κ1) is 16.0. The molecule has 1 heterocycles. The summed E-state index contributed by atoms with van der Waals surface area (Å²) >= 11 is 6.08. The van der Waals surface area contributed by atoms with E-state index in [4.69, 9.17) is 11.6 Å². The molecule has 114 valence electrons. The van der Waals surface area contributed by atoms with Crippen molar-refractivity contribution in [2.45, 2.75) is 17.9 Å². The molecule has 0 aliphatic heterocycles. The van der Waals surface area contributed by atoms with E-state index in [1.165, 1.54) is 6.07 Å². The number of aromatic nitrogens is 2. The van der Waals surface area contributed by atoms with Crippen LogP contribution in [0.5, 0.6) is 0 Å². The third kappa shape index (κ3) is 4.28. The average molecular weight is 329 g/mol. The Bertz CT molecular complexity index is 686. The third-order valence-corrected chi connectivity index (χ3v) is 4.75. The van der Waals surface area contributed by atoms with Crippen LogP contribution in [-0.4, -0.2) is 32.0 Å². The molecule has 2 rings (SSSR count). The van der Waals surface area contributed by atoms with Crippen molar-refractivity contribution in [3.05, 3.63) is 47.0 Å². The molecule has 0 aliphatic rings. The van der Waals surface area contributed by atoms with Gasteiger partial charge in [-0.15, -0.1) is 0 Å². The Balaban J connectivity index is 2.03. The van der Waals surface area contributed by atoms with Crippen molar-refractivity contribution in [2.75, 3.05) is 13.6 Å². The first-order valence-corrected chi connectivity index (χ1v) is 8.29. The zero-order valence-electron chi connectivity index (χ0n) is 11.6. The molecule has 0 saturated carbocycles. The third-order valence-electron chi connectivity index (χ3n) is 2.94. The van der Waals surface area contributed by atoms with Gasteiger partial charge < -0.3 is 10.3 Å². The maximum atomic E-state index is 12.2. The molecule has 1 aromatic carbocycles. The van der Waals surface area contributed by atoms with Gasteiger partial charge in [-0.2, -0.15) is 0 Å². The van der Waals surface area contributed by atoms with Crippen molar-refractivity contribution >= 4 is 21.6 Å². The zero-order chi connectivity index (χ0) is 15.3. The molecule has 0 saturated heterocycles. The van der Waals surface area contributed by atoms with E-state index >= 15 is 0 Å². The number of nitrogens with one attached hydrogen (secondary N) is 3. The van der Waals surface area contributed by atoms with Gasteiger partial charge in [-0.05, 0) is 24.7 Å². The molecule has 0 radical (unpaired) electrons. The number of sulfonamides is 1. The van der Waals surface area contributed by atoms with Crippen LogP contribution in [0.4, 0.5) is 0 Å². The number of halogens is 1. The van der Waals surface area contributed by atoms with Gasteiger partial charge in [-0.1, -0.05) is 17.7 Å². The van der Waals surface area contributed by atoms with Gasteiger partial charge in [0.2, 0.25) is 10.0 Å². The van der Waals surface area contributed by atoms with E-state index in [0.29, 0.717) is 24.5 Å². The molecule has 0 amide bonds. The lowest BCUT2D eigenvalue weighted by molar-refractivity contribution is 0.581. The molecule has 8 heteroatoms. The minimum atomic E-state index is -3.56. The van der Waals surface area contributed by atoms with Crippen LogP contribution < -0.4 is 10.0 Å². The molecule has 21 heavy (non-hydrogen) atoms. The van der Waals surface area contributed by atoms with Crippen molar-refractivity contribution in [1.29, 1.82) is 0 Å². The minimum Gasteiger partial charge on any atom is -0.348 e. The van der Waals surface area contributed by atoms with Crippen molar-refractivity contribution in [1.82, 2.24) is 20.0 Å². The Morgan fingerprint density at radius 3 is 2.81 bits per heavy atom. The molecule has 0 spiro atoms. The van der Waals surface area contributed by atoms with Crippen molar-refractivity contribution < 1.29 is 8.42 Å². The highest BCUT2D eigenvalue weighted by molar-refractivity contribution is 7.89. The van der Waals surface area contributed by atoms with Gasteiger partial charge >= 0.3 is 0 Å². The summed E-state index contributed by atoms with van der Waals surface area (Å²) in [6.45, 7) is 0.882. The standard InChI is InChI=1S/C13H17ClN4O2S/c1-15-7-10-2-3-12(6-13(10)14)21(19,20)18-5-4-11-8-16-9-17-11/h2-3,6,8-9,15,18H,4-5,7H2,1H3,(H,16,17). The Kier molecular flexibility index (Phi) is 5.35. The van der Waals surface area contributed by atoms with Gasteiger partial charge in [-0.25, -0.2) is 18.1 Å². The lowest BCUT2D eigenvalue weighted by atomic mass is 10.2. The molecule has 3 N–H and O–H groups in total. The van der Waals surface area contributed by atoms with Crippen molar-refractivity contribution in [3.8, 4) is 0 Å². The second kappa shape index (κ2) is 7.04. The number of hydrogen-bond donors (Lipinski definition) is 3. The lowest BCUT2D eigenvalue weighted by Gasteiger charge is -2.09. The smallest absolute Gasteiger partial charge is 0.240 e. The lowest BCUT2D eigenvalue weighted by Crippen LogP contribution is -2.26. The quantitative estimate of drug-likeness (QED) is 0.715. The molecule has 6 nitrogen and oxygen atoms in total. The summed E-state index contributed by atoms with van der Waals surface area (Å²) in [6.07, 6.45) is 3.77. The highest BCUT2D eigenvalue weighted by atomic mass is 35.5. The summed E-state index contributed by atoms with van der Waals surface area (Å²) < 4.78 is 26.9. The predicted molar refractivity (Wildman–Crippen MR) is 81.7 cm³/mol. The Morgan fingerprint density at radius 1 is 1.38 bits per heavy atom. The normalized spacial score (nSPS) is 11.7. The van der Waals surface area contributed by atoms with Gasteiger partial charge in [0.1, 0.15) is 0 Å². The number of benzene rings is 1. The van der Waals surface area contributed by atoms with Crippen LogP contribution in [0.2, 0.25) is 5.02 Å². The first-order chi connectivity index (χ1) is 10.0. The van der Waals surface area contributed by atoms with E-state index in [1.54, 1.807) is 31.7 Å². The number of hydrogen-bond acceptors (Lipinski definition) is 4. The summed E-state index contributed by atoms with van der Waals surface area (Å²) in [5.74, 6) is 0. The van der Waals surface area contributed by atoms with E-state index in [1.807, 2.05) is 0 Å². The van der Waals surface area contributed by atoms with E-state index in [0.717, 1.165) is 11.3 Å². The van der Waals surface area contributed by atoms with Crippen LogP contribution in [0.3, 0.4) is 0 Å². The van der Waals surface area contributed by atoms with Gasteiger partial charge in [0.05, 0.1) is 11.2 Å². The molecule has 0 aliphatic carbocycles. The zero-order valence-corrected chi connectivity index (χ0v) is 13.1. The molecular weight excluding hydrogens is 312 g/mol. The summed E-state index contributed by atoms with van der Waals surface area (Å²) in [5, 5.41) is 3.41. The van der Waals surface area contributed by atoms with Crippen molar-refractivity contribution in [2.24, 2.45) is 0 Å². The number of nitrogens with zero attached hydrogens (tertiary/aromatic N) is 1. The second-order valence-corrected chi connectivity index (χ2v) is 6.68. The number of rotatable bonds is 7. The summed E-state index contributed by atoms with van der Waals surface area (Å²) in [5.41, 5.74) is 1.73. The summed E-state index contributed by atoms with van der Waals surface area (Å²) in [4.78, 5) is 6.96. The predicted octanol–water partition coefficient (Wildman–Crippen LogP) is 1.30. The topological polar surface area (TPSA) is 86.9 Å². The van der Waals surface area contributed by atoms with Crippen molar-refractivity contribution in [3.63, 3.8) is 0 Å². The number of H-pyrrole nitrogens is 1. The largest absolute Gasteiger partial charge is 0.348 e. The second-order valence-electron chi connectivity index (χ2n) is 4.51. The fourth-order valence-corrected chi connectivity index (χ4v) is 3.22. The molecular formula is C13H17ClN4O2S. The molecule has 2 aromatic rings. The number of aromatic amines is 1. The van der Waals surface area contributed by atoms with Gasteiger partial charge in [-0.3, -0.25) is 0 Å². The van der Waals surface area contributed by atoms with Gasteiger partial charge in [0.15, 0.2) is 0 Å². The molecule has 0 atom stereocenters. The van der Waals surface area contributed by atoms with E-state index in [-0.39, 0.29) is 4.90 Å². The van der Waals surface area contributed by atoms with Gasteiger partial charge in [0, 0.05) is 36.4 Å². The van der Waals surface area contributed by atoms with E-state index in [9.17, 15) is 8.42 Å². The number of imidazole rings is 1. The minimum absolute atomic E-state index is 0.164. The maximum Gasteiger partial charge on any atom is 0.240 e. The first-order valence-electron chi connectivity index (χ1n) is 6.43. The summed E-state index contributed by atoms with van der Waals surface area (Å²) in [6, 6.07) is 4.73. The summed E-state index contributed by atoms with van der Waals surface area (Å²) in [7, 11) is -1.75. The van der Waals surface area contributed by atoms with Crippen LogP contribution in [0.1, 0.15) is 11.3 Å². The Morgan fingerprint density at radius 2 is 2.19 bits per heavy atom. The monoisotopic (exact) mass is 328 g/mol. The molecule has 0 bridgehead atoms. The highest BCUT2D eigenvalue weighted by Crippen LogP contribution is 2.20. The maximum absolute atomic E-state index is 12.2. The van der Waals surface area contributed by atoms with Crippen LogP contribution in [-0.2, 0) is 23.0 Å². The molecule has 0 fully saturated rings. The van der Waals surface area contributed by atoms with Crippen LogP contribution in [0.25, 0.3) is 0 Å². The average Bonchev–Trinajstić information content (AvgIpc) is 2.94. The fourth-order valence-electron chi connectivity index (χ4n) is 1.85. The highest BCUT2D eigenvalue weighted by Gasteiger charge is 2.15. The fraction of sp³-hybridized carbons (Fsp3) is 0.308. The van der Waals surface area contributed by atoms with Gasteiger partial charge in [0.25, 0.3) is 0 Å². The molecule has 0 unspecified atom stereocenters. The Hall–Kier alpha value is -1.41.